The van der Waals surface area contributed by atoms with Crippen LogP contribution in [0.2, 0.25) is 0 Å². The molecule has 0 aliphatic rings. The number of benzene rings is 2. The van der Waals surface area contributed by atoms with E-state index in [1.165, 1.54) is 0 Å². The van der Waals surface area contributed by atoms with Crippen LogP contribution in [0.3, 0.4) is 0 Å². The number of rotatable bonds is 7. The monoisotopic (exact) mass is 373 g/mol. The van der Waals surface area contributed by atoms with E-state index in [0.29, 0.717) is 35.8 Å². The van der Waals surface area contributed by atoms with Gasteiger partial charge in [0.2, 0.25) is 5.91 Å². The largest absolute Gasteiger partial charge is 0.491 e. The van der Waals surface area contributed by atoms with Crippen molar-refractivity contribution in [2.45, 2.75) is 0 Å². The summed E-state index contributed by atoms with van der Waals surface area (Å²) >= 11 is 5.12. The fraction of sp³-hybridized carbons (Fsp3) is 0.167. The van der Waals surface area contributed by atoms with E-state index in [-0.39, 0.29) is 11.0 Å². The van der Waals surface area contributed by atoms with Gasteiger partial charge in [0, 0.05) is 23.9 Å². The summed E-state index contributed by atoms with van der Waals surface area (Å²) in [6.07, 6.45) is 0. The van der Waals surface area contributed by atoms with Crippen molar-refractivity contribution >= 4 is 34.8 Å². The normalized spacial score (nSPS) is 10.0. The number of carbonyl (C=O) groups excluding carboxylic acids is 2. The van der Waals surface area contributed by atoms with Gasteiger partial charge in [-0.05, 0) is 60.7 Å². The molecule has 0 unspecified atom stereocenters. The standard InChI is InChI=1S/C18H19N3O4S/c1-24-10-11-25-15-8-4-13(5-9-15)17(23)21-18(26)20-14-6-2-12(3-7-14)16(19)22/h2-9H,10-11H2,1H3,(H2,19,22)(H2,20,21,23,26). The van der Waals surface area contributed by atoms with Crippen molar-refractivity contribution in [2.75, 3.05) is 25.6 Å². The van der Waals surface area contributed by atoms with Crippen LogP contribution in [0.4, 0.5) is 5.69 Å². The van der Waals surface area contributed by atoms with Crippen LogP contribution in [0.5, 0.6) is 5.75 Å². The van der Waals surface area contributed by atoms with Gasteiger partial charge in [-0.1, -0.05) is 0 Å². The molecule has 0 saturated heterocycles. The van der Waals surface area contributed by atoms with Crippen molar-refractivity contribution in [1.29, 1.82) is 0 Å². The number of ether oxygens (including phenoxy) is 2. The highest BCUT2D eigenvalue weighted by Crippen LogP contribution is 2.12. The number of anilines is 1. The molecule has 0 spiro atoms. The maximum atomic E-state index is 12.2. The van der Waals surface area contributed by atoms with E-state index in [4.69, 9.17) is 27.4 Å². The lowest BCUT2D eigenvalue weighted by molar-refractivity contribution is 0.0975. The summed E-state index contributed by atoms with van der Waals surface area (Å²) in [4.78, 5) is 23.2. The Hall–Kier alpha value is -2.97. The molecule has 0 aromatic heterocycles. The van der Waals surface area contributed by atoms with Gasteiger partial charge in [-0.2, -0.15) is 0 Å². The van der Waals surface area contributed by atoms with E-state index in [2.05, 4.69) is 10.6 Å². The minimum absolute atomic E-state index is 0.141. The SMILES string of the molecule is COCCOc1ccc(C(=O)NC(=S)Nc2ccc(C(N)=O)cc2)cc1. The number of carbonyl (C=O) groups is 2. The summed E-state index contributed by atoms with van der Waals surface area (Å²) in [7, 11) is 1.60. The topological polar surface area (TPSA) is 103 Å². The molecule has 2 amide bonds. The molecule has 2 rings (SSSR count). The number of methoxy groups -OCH3 is 1. The molecule has 0 fully saturated rings. The van der Waals surface area contributed by atoms with Gasteiger partial charge in [0.1, 0.15) is 12.4 Å². The van der Waals surface area contributed by atoms with Gasteiger partial charge in [0.25, 0.3) is 5.91 Å². The smallest absolute Gasteiger partial charge is 0.257 e. The second-order valence-electron chi connectivity index (χ2n) is 5.22. The Bertz CT molecular complexity index is 776. The number of thiocarbonyl (C=S) groups is 1. The van der Waals surface area contributed by atoms with Crippen molar-refractivity contribution in [3.8, 4) is 5.75 Å². The Labute approximate surface area is 156 Å². The highest BCUT2D eigenvalue weighted by Gasteiger charge is 2.09. The molecule has 0 bridgehead atoms. The van der Waals surface area contributed by atoms with Crippen LogP contribution in [0.25, 0.3) is 0 Å². The highest BCUT2D eigenvalue weighted by molar-refractivity contribution is 7.80. The fourth-order valence-corrected chi connectivity index (χ4v) is 2.21. The summed E-state index contributed by atoms with van der Waals surface area (Å²) in [5, 5.41) is 5.59. The minimum Gasteiger partial charge on any atom is -0.491 e. The molecule has 0 saturated carbocycles. The third kappa shape index (κ3) is 5.83. The summed E-state index contributed by atoms with van der Waals surface area (Å²) in [6.45, 7) is 0.924. The molecule has 0 aliphatic heterocycles. The van der Waals surface area contributed by atoms with Crippen LogP contribution < -0.4 is 21.1 Å². The van der Waals surface area contributed by atoms with E-state index in [9.17, 15) is 9.59 Å². The van der Waals surface area contributed by atoms with Crippen molar-refractivity contribution < 1.29 is 19.1 Å². The average Bonchev–Trinajstić information content (AvgIpc) is 2.62. The number of primary amides is 1. The molecule has 0 aliphatic carbocycles. The van der Waals surface area contributed by atoms with Crippen LogP contribution in [0.15, 0.2) is 48.5 Å². The molecule has 2 aromatic carbocycles. The van der Waals surface area contributed by atoms with Crippen molar-refractivity contribution in [3.63, 3.8) is 0 Å². The van der Waals surface area contributed by atoms with Gasteiger partial charge in [-0.25, -0.2) is 0 Å². The fourth-order valence-electron chi connectivity index (χ4n) is 2.00. The first-order valence-electron chi connectivity index (χ1n) is 7.73. The first-order valence-corrected chi connectivity index (χ1v) is 8.14. The zero-order valence-corrected chi connectivity index (χ0v) is 15.0. The number of hydrogen-bond acceptors (Lipinski definition) is 5. The zero-order chi connectivity index (χ0) is 18.9. The van der Waals surface area contributed by atoms with Gasteiger partial charge in [0.15, 0.2) is 5.11 Å². The lowest BCUT2D eigenvalue weighted by Crippen LogP contribution is -2.34. The predicted octanol–water partition coefficient (Wildman–Crippen LogP) is 1.94. The molecule has 2 aromatic rings. The summed E-state index contributed by atoms with van der Waals surface area (Å²) in [5.74, 6) is -0.212. The predicted molar refractivity (Wildman–Crippen MR) is 102 cm³/mol. The van der Waals surface area contributed by atoms with Crippen molar-refractivity contribution in [1.82, 2.24) is 5.32 Å². The van der Waals surface area contributed by atoms with E-state index in [1.54, 1.807) is 55.6 Å². The number of amides is 2. The summed E-state index contributed by atoms with van der Waals surface area (Å²) < 4.78 is 10.3. The summed E-state index contributed by atoms with van der Waals surface area (Å²) in [6, 6.07) is 13.1. The molecule has 0 atom stereocenters. The molecule has 136 valence electrons. The number of nitrogens with one attached hydrogen (secondary N) is 2. The second-order valence-corrected chi connectivity index (χ2v) is 5.62. The Balaban J connectivity index is 1.88. The van der Waals surface area contributed by atoms with Crippen LogP contribution >= 0.6 is 12.2 Å². The Morgan fingerprint density at radius 3 is 2.19 bits per heavy atom. The maximum absolute atomic E-state index is 12.2. The minimum atomic E-state index is -0.512. The lowest BCUT2D eigenvalue weighted by atomic mass is 10.2. The molecule has 0 heterocycles. The molecule has 0 radical (unpaired) electrons. The first-order chi connectivity index (χ1) is 12.5. The molecule has 7 nitrogen and oxygen atoms in total. The molecular formula is C18H19N3O4S. The maximum Gasteiger partial charge on any atom is 0.257 e. The third-order valence-corrected chi connectivity index (χ3v) is 3.53. The Morgan fingerprint density at radius 2 is 1.62 bits per heavy atom. The number of nitrogens with two attached hydrogens (primary N) is 1. The van der Waals surface area contributed by atoms with Gasteiger partial charge >= 0.3 is 0 Å². The zero-order valence-electron chi connectivity index (χ0n) is 14.2. The van der Waals surface area contributed by atoms with E-state index < -0.39 is 5.91 Å². The molecular weight excluding hydrogens is 354 g/mol. The van der Waals surface area contributed by atoms with Gasteiger partial charge in [-0.3, -0.25) is 14.9 Å². The van der Waals surface area contributed by atoms with Crippen LogP contribution in [0.1, 0.15) is 20.7 Å². The van der Waals surface area contributed by atoms with Crippen molar-refractivity contribution in [2.24, 2.45) is 5.73 Å². The Morgan fingerprint density at radius 1 is 1.00 bits per heavy atom. The second kappa shape index (κ2) is 9.50. The molecule has 4 N–H and O–H groups in total. The highest BCUT2D eigenvalue weighted by atomic mass is 32.1. The van der Waals surface area contributed by atoms with Crippen LogP contribution in [-0.2, 0) is 4.74 Å². The summed E-state index contributed by atoms with van der Waals surface area (Å²) in [5.41, 5.74) is 6.64. The Kier molecular flexibility index (Phi) is 7.07. The van der Waals surface area contributed by atoms with Gasteiger partial charge in [0.05, 0.1) is 6.61 Å². The quantitative estimate of drug-likeness (QED) is 0.506. The third-order valence-electron chi connectivity index (χ3n) is 3.33. The molecule has 8 heteroatoms. The van der Waals surface area contributed by atoms with E-state index in [1.807, 2.05) is 0 Å². The van der Waals surface area contributed by atoms with Gasteiger partial charge < -0.3 is 20.5 Å². The lowest BCUT2D eigenvalue weighted by Gasteiger charge is -2.10. The van der Waals surface area contributed by atoms with Crippen LogP contribution in [-0.4, -0.2) is 37.3 Å². The van der Waals surface area contributed by atoms with Crippen LogP contribution in [0, 0.1) is 0 Å². The first kappa shape index (κ1) is 19.4. The number of hydrogen-bond donors (Lipinski definition) is 3. The van der Waals surface area contributed by atoms with E-state index in [0.717, 1.165) is 0 Å². The van der Waals surface area contributed by atoms with Gasteiger partial charge in [-0.15, -0.1) is 0 Å². The van der Waals surface area contributed by atoms with E-state index >= 15 is 0 Å². The average molecular weight is 373 g/mol. The van der Waals surface area contributed by atoms with Crippen molar-refractivity contribution in [3.05, 3.63) is 59.7 Å². The molecule has 26 heavy (non-hydrogen) atoms.